The normalized spacial score (nSPS) is 15.7. The van der Waals surface area contributed by atoms with E-state index in [0.29, 0.717) is 11.4 Å². The van der Waals surface area contributed by atoms with E-state index >= 15 is 0 Å². The molecular weight excluding hydrogens is 312 g/mol. The van der Waals surface area contributed by atoms with Crippen molar-refractivity contribution in [1.82, 2.24) is 4.90 Å². The number of nitriles is 1. The summed E-state index contributed by atoms with van der Waals surface area (Å²) < 4.78 is 0. The molecule has 1 aromatic rings. The number of nitrogens with one attached hydrogen (secondary N) is 1. The Morgan fingerprint density at radius 2 is 2.13 bits per heavy atom. The Morgan fingerprint density at radius 1 is 1.43 bits per heavy atom. The smallest absolute Gasteiger partial charge is 0.321 e. The van der Waals surface area contributed by atoms with Crippen LogP contribution in [0.25, 0.3) is 0 Å². The fourth-order valence-electron chi connectivity index (χ4n) is 2.69. The van der Waals surface area contributed by atoms with Crippen LogP contribution < -0.4 is 10.2 Å². The van der Waals surface area contributed by atoms with Gasteiger partial charge in [0.15, 0.2) is 0 Å². The molecule has 0 aromatic heterocycles. The van der Waals surface area contributed by atoms with Gasteiger partial charge in [-0.2, -0.15) is 5.26 Å². The first-order chi connectivity index (χ1) is 11.0. The molecule has 1 N–H and O–H groups in total. The minimum Gasteiger partial charge on any atom is -0.370 e. The molecule has 1 unspecified atom stereocenters. The third-order valence-corrected chi connectivity index (χ3v) is 4.50. The Morgan fingerprint density at radius 3 is 2.78 bits per heavy atom. The number of carbonyl (C=O) groups is 1. The van der Waals surface area contributed by atoms with Crippen molar-refractivity contribution in [2.45, 2.75) is 38.6 Å². The molecule has 0 bridgehead atoms. The second-order valence-corrected chi connectivity index (χ2v) is 6.40. The van der Waals surface area contributed by atoms with Gasteiger partial charge in [0, 0.05) is 31.2 Å². The first kappa shape index (κ1) is 17.4. The number of hydrogen-bond acceptors (Lipinski definition) is 3. The van der Waals surface area contributed by atoms with Crippen molar-refractivity contribution in [1.29, 1.82) is 5.26 Å². The van der Waals surface area contributed by atoms with Crippen molar-refractivity contribution < 1.29 is 4.79 Å². The molecule has 2 amide bonds. The van der Waals surface area contributed by atoms with Crippen LogP contribution in [0.15, 0.2) is 18.2 Å². The second kappa shape index (κ2) is 8.07. The average Bonchev–Trinajstić information content (AvgIpc) is 2.55. The molecule has 0 saturated carbocycles. The zero-order valence-corrected chi connectivity index (χ0v) is 14.4. The highest BCUT2D eigenvalue weighted by Crippen LogP contribution is 2.31. The van der Waals surface area contributed by atoms with Gasteiger partial charge in [0.25, 0.3) is 0 Å². The highest BCUT2D eigenvalue weighted by molar-refractivity contribution is 6.31. The fourth-order valence-corrected chi connectivity index (χ4v) is 2.86. The van der Waals surface area contributed by atoms with Gasteiger partial charge in [0.05, 0.1) is 23.9 Å². The fraction of sp³-hybridized carbons (Fsp3) is 0.529. The number of rotatable bonds is 4. The lowest BCUT2D eigenvalue weighted by Crippen LogP contribution is -2.38. The molecular formula is C17H23ClN4O. The zero-order chi connectivity index (χ0) is 16.8. The Balaban J connectivity index is 2.16. The van der Waals surface area contributed by atoms with E-state index in [2.05, 4.69) is 16.3 Å². The molecule has 1 aliphatic rings. The molecule has 0 aliphatic carbocycles. The molecule has 1 saturated heterocycles. The topological polar surface area (TPSA) is 59.4 Å². The summed E-state index contributed by atoms with van der Waals surface area (Å²) in [6.07, 6.45) is 3.88. The van der Waals surface area contributed by atoms with E-state index in [1.165, 1.54) is 6.42 Å². The number of amides is 2. The largest absolute Gasteiger partial charge is 0.370 e. The van der Waals surface area contributed by atoms with Gasteiger partial charge in [0.2, 0.25) is 0 Å². The molecule has 1 aliphatic heterocycles. The minimum atomic E-state index is -0.228. The number of nitrogens with zero attached hydrogens (tertiary/aromatic N) is 3. The zero-order valence-electron chi connectivity index (χ0n) is 13.7. The van der Waals surface area contributed by atoms with Crippen LogP contribution in [0.2, 0.25) is 5.02 Å². The quantitative estimate of drug-likeness (QED) is 0.901. The van der Waals surface area contributed by atoms with Crippen molar-refractivity contribution >= 4 is 29.0 Å². The molecule has 1 atom stereocenters. The molecule has 5 nitrogen and oxygen atoms in total. The van der Waals surface area contributed by atoms with E-state index in [9.17, 15) is 4.79 Å². The Labute approximate surface area is 142 Å². The van der Waals surface area contributed by atoms with E-state index in [0.717, 1.165) is 37.3 Å². The number of halogens is 1. The molecule has 1 heterocycles. The summed E-state index contributed by atoms with van der Waals surface area (Å²) in [5.74, 6) is 0. The standard InChI is InChI=1S/C17H23ClN4O/c1-13(8-9-19)21(2)17(23)20-15-12-14(18)6-7-16(15)22-10-4-3-5-11-22/h6-7,12-13H,3-5,8,10-11H2,1-2H3,(H,20,23). The van der Waals surface area contributed by atoms with Gasteiger partial charge in [-0.3, -0.25) is 0 Å². The highest BCUT2D eigenvalue weighted by Gasteiger charge is 2.19. The molecule has 2 rings (SSSR count). The monoisotopic (exact) mass is 334 g/mol. The second-order valence-electron chi connectivity index (χ2n) is 5.96. The molecule has 0 spiro atoms. The van der Waals surface area contributed by atoms with Crippen molar-refractivity contribution in [3.05, 3.63) is 23.2 Å². The number of piperidine rings is 1. The summed E-state index contributed by atoms with van der Waals surface area (Å²) in [6, 6.07) is 7.31. The van der Waals surface area contributed by atoms with Crippen molar-refractivity contribution in [2.24, 2.45) is 0 Å². The third-order valence-electron chi connectivity index (χ3n) is 4.27. The van der Waals surface area contributed by atoms with Crippen LogP contribution in [0.3, 0.4) is 0 Å². The van der Waals surface area contributed by atoms with Crippen molar-refractivity contribution in [2.75, 3.05) is 30.4 Å². The van der Waals surface area contributed by atoms with Crippen molar-refractivity contribution in [3.8, 4) is 6.07 Å². The van der Waals surface area contributed by atoms with Crippen LogP contribution in [0.1, 0.15) is 32.6 Å². The predicted octanol–water partition coefficient (Wildman–Crippen LogP) is 4.10. The molecule has 0 radical (unpaired) electrons. The maximum atomic E-state index is 12.4. The van der Waals surface area contributed by atoms with Gasteiger partial charge in [0.1, 0.15) is 0 Å². The predicted molar refractivity (Wildman–Crippen MR) is 94.0 cm³/mol. The SMILES string of the molecule is CC(CC#N)N(C)C(=O)Nc1cc(Cl)ccc1N1CCCCC1. The Kier molecular flexibility index (Phi) is 6.12. The average molecular weight is 335 g/mol. The summed E-state index contributed by atoms with van der Waals surface area (Å²) >= 11 is 6.10. The van der Waals surface area contributed by atoms with Gasteiger partial charge in [-0.05, 0) is 44.4 Å². The van der Waals surface area contributed by atoms with Crippen LogP contribution in [-0.4, -0.2) is 37.1 Å². The molecule has 6 heteroatoms. The van der Waals surface area contributed by atoms with E-state index < -0.39 is 0 Å². The molecule has 1 aromatic carbocycles. The lowest BCUT2D eigenvalue weighted by molar-refractivity contribution is 0.208. The first-order valence-electron chi connectivity index (χ1n) is 7.98. The third kappa shape index (κ3) is 4.52. The van der Waals surface area contributed by atoms with Crippen LogP contribution in [-0.2, 0) is 0 Å². The number of benzene rings is 1. The number of anilines is 2. The summed E-state index contributed by atoms with van der Waals surface area (Å²) in [7, 11) is 1.70. The minimum absolute atomic E-state index is 0.141. The number of urea groups is 1. The van der Waals surface area contributed by atoms with Crippen LogP contribution in [0, 0.1) is 11.3 Å². The van der Waals surface area contributed by atoms with Gasteiger partial charge in [-0.25, -0.2) is 4.79 Å². The maximum Gasteiger partial charge on any atom is 0.321 e. The van der Waals surface area contributed by atoms with Crippen LogP contribution >= 0.6 is 11.6 Å². The molecule has 1 fully saturated rings. The van der Waals surface area contributed by atoms with E-state index in [-0.39, 0.29) is 12.1 Å². The molecule has 23 heavy (non-hydrogen) atoms. The van der Waals surface area contributed by atoms with Crippen LogP contribution in [0.5, 0.6) is 0 Å². The van der Waals surface area contributed by atoms with Crippen LogP contribution in [0.4, 0.5) is 16.2 Å². The first-order valence-corrected chi connectivity index (χ1v) is 8.36. The number of hydrogen-bond donors (Lipinski definition) is 1. The van der Waals surface area contributed by atoms with E-state index in [1.54, 1.807) is 18.0 Å². The van der Waals surface area contributed by atoms with Gasteiger partial charge >= 0.3 is 6.03 Å². The maximum absolute atomic E-state index is 12.4. The Hall–Kier alpha value is -1.93. The summed E-state index contributed by atoms with van der Waals surface area (Å²) in [5.41, 5.74) is 1.73. The lowest BCUT2D eigenvalue weighted by Gasteiger charge is -2.31. The number of carbonyl (C=O) groups excluding carboxylic acids is 1. The van der Waals surface area contributed by atoms with E-state index in [4.69, 9.17) is 16.9 Å². The van der Waals surface area contributed by atoms with Gasteiger partial charge in [-0.1, -0.05) is 11.6 Å². The summed E-state index contributed by atoms with van der Waals surface area (Å²) in [6.45, 7) is 3.84. The summed E-state index contributed by atoms with van der Waals surface area (Å²) in [4.78, 5) is 16.3. The highest BCUT2D eigenvalue weighted by atomic mass is 35.5. The molecule has 124 valence electrons. The van der Waals surface area contributed by atoms with Gasteiger partial charge < -0.3 is 15.1 Å². The lowest BCUT2D eigenvalue weighted by atomic mass is 10.1. The summed E-state index contributed by atoms with van der Waals surface area (Å²) in [5, 5.41) is 12.3. The van der Waals surface area contributed by atoms with Crippen molar-refractivity contribution in [3.63, 3.8) is 0 Å². The van der Waals surface area contributed by atoms with Gasteiger partial charge in [-0.15, -0.1) is 0 Å². The van der Waals surface area contributed by atoms with E-state index in [1.807, 2.05) is 19.1 Å². The Bertz CT molecular complexity index is 593.